The molecule has 0 unspecified atom stereocenters. The summed E-state index contributed by atoms with van der Waals surface area (Å²) in [6, 6.07) is 18.5. The molecule has 0 saturated heterocycles. The Labute approximate surface area is 127 Å². The van der Waals surface area contributed by atoms with E-state index in [4.69, 9.17) is 4.74 Å². The van der Waals surface area contributed by atoms with E-state index in [9.17, 15) is 4.79 Å². The second kappa shape index (κ2) is 4.88. The molecule has 0 aliphatic carbocycles. The fourth-order valence-corrected chi connectivity index (χ4v) is 3.01. The second-order valence-electron chi connectivity index (χ2n) is 5.32. The first-order valence-electron chi connectivity index (χ1n) is 7.38. The lowest BCUT2D eigenvalue weighted by Crippen LogP contribution is -2.04. The number of hydrogen-bond donors (Lipinski definition) is 1. The summed E-state index contributed by atoms with van der Waals surface area (Å²) in [5.74, 6) is -0.312. The normalized spacial score (nSPS) is 11.3. The lowest BCUT2D eigenvalue weighted by Gasteiger charge is -2.04. The average Bonchev–Trinajstić information content (AvgIpc) is 2.99. The minimum absolute atomic E-state index is 0.312. The lowest BCUT2D eigenvalue weighted by molar-refractivity contribution is 0.0520. The summed E-state index contributed by atoms with van der Waals surface area (Å²) >= 11 is 0. The smallest absolute Gasteiger partial charge is 0.354 e. The van der Waals surface area contributed by atoms with Gasteiger partial charge in [0.2, 0.25) is 0 Å². The third-order valence-electron chi connectivity index (χ3n) is 4.01. The fourth-order valence-electron chi connectivity index (χ4n) is 3.01. The number of ether oxygens (including phenoxy) is 1. The van der Waals surface area contributed by atoms with E-state index in [1.54, 1.807) is 0 Å². The van der Waals surface area contributed by atoms with Crippen molar-refractivity contribution in [1.82, 2.24) is 4.98 Å². The molecule has 3 nitrogen and oxygen atoms in total. The maximum atomic E-state index is 11.9. The molecule has 22 heavy (non-hydrogen) atoms. The number of hydrogen-bond acceptors (Lipinski definition) is 2. The summed E-state index contributed by atoms with van der Waals surface area (Å²) in [6.45, 7) is 2.18. The number of benzene rings is 3. The van der Waals surface area contributed by atoms with Crippen LogP contribution in [0.4, 0.5) is 0 Å². The van der Waals surface area contributed by atoms with Crippen LogP contribution < -0.4 is 0 Å². The summed E-state index contributed by atoms with van der Waals surface area (Å²) in [6.07, 6.45) is 0. The van der Waals surface area contributed by atoms with E-state index in [-0.39, 0.29) is 5.97 Å². The van der Waals surface area contributed by atoms with Crippen LogP contribution in [-0.4, -0.2) is 17.6 Å². The molecule has 0 atom stereocenters. The van der Waals surface area contributed by atoms with Gasteiger partial charge < -0.3 is 9.72 Å². The highest BCUT2D eigenvalue weighted by atomic mass is 16.5. The van der Waals surface area contributed by atoms with Crippen molar-refractivity contribution in [1.29, 1.82) is 0 Å². The van der Waals surface area contributed by atoms with Crippen LogP contribution in [0.2, 0.25) is 0 Å². The predicted molar refractivity (Wildman–Crippen MR) is 89.3 cm³/mol. The number of fused-ring (bicyclic) bond motifs is 5. The Morgan fingerprint density at radius 2 is 1.73 bits per heavy atom. The number of H-pyrrole nitrogens is 1. The van der Waals surface area contributed by atoms with Crippen LogP contribution in [0.5, 0.6) is 0 Å². The fraction of sp³-hybridized carbons (Fsp3) is 0.105. The molecule has 0 aliphatic rings. The van der Waals surface area contributed by atoms with Crippen LogP contribution >= 0.6 is 0 Å². The van der Waals surface area contributed by atoms with Crippen LogP contribution in [0.25, 0.3) is 32.4 Å². The Morgan fingerprint density at radius 1 is 0.955 bits per heavy atom. The molecule has 0 radical (unpaired) electrons. The van der Waals surface area contributed by atoms with Crippen molar-refractivity contribution in [2.75, 3.05) is 6.61 Å². The molecule has 1 N–H and O–H groups in total. The van der Waals surface area contributed by atoms with Crippen LogP contribution in [0, 0.1) is 0 Å². The molecule has 1 heterocycles. The number of nitrogens with one attached hydrogen (secondary N) is 1. The first-order valence-corrected chi connectivity index (χ1v) is 7.38. The SMILES string of the molecule is CCOC(=O)c1cc2ccc3c4ccccc4ccc3c2[nH]1. The van der Waals surface area contributed by atoms with Crippen molar-refractivity contribution in [2.45, 2.75) is 6.92 Å². The first-order chi connectivity index (χ1) is 10.8. The lowest BCUT2D eigenvalue weighted by atomic mass is 10.0. The average molecular weight is 289 g/mol. The van der Waals surface area contributed by atoms with Gasteiger partial charge in [-0.15, -0.1) is 0 Å². The molecule has 3 aromatic carbocycles. The van der Waals surface area contributed by atoms with Gasteiger partial charge in [-0.2, -0.15) is 0 Å². The van der Waals surface area contributed by atoms with Gasteiger partial charge in [-0.1, -0.05) is 48.5 Å². The summed E-state index contributed by atoms with van der Waals surface area (Å²) in [5.41, 5.74) is 1.48. The molecule has 0 fully saturated rings. The molecule has 3 heteroatoms. The molecule has 1 aromatic heterocycles. The van der Waals surface area contributed by atoms with E-state index >= 15 is 0 Å². The zero-order valence-corrected chi connectivity index (χ0v) is 12.2. The Morgan fingerprint density at radius 3 is 2.59 bits per heavy atom. The molecule has 4 rings (SSSR count). The summed E-state index contributed by atoms with van der Waals surface area (Å²) < 4.78 is 5.07. The number of carbonyl (C=O) groups is 1. The highest BCUT2D eigenvalue weighted by Gasteiger charge is 2.12. The Hall–Kier alpha value is -2.81. The maximum absolute atomic E-state index is 11.9. The van der Waals surface area contributed by atoms with Gasteiger partial charge in [0, 0.05) is 10.8 Å². The van der Waals surface area contributed by atoms with Gasteiger partial charge in [0.15, 0.2) is 0 Å². The minimum atomic E-state index is -0.312. The van der Waals surface area contributed by atoms with Crippen molar-refractivity contribution in [3.8, 4) is 0 Å². The molecule has 0 amide bonds. The summed E-state index contributed by atoms with van der Waals surface area (Å²) in [4.78, 5) is 15.1. The Bertz CT molecular complexity index is 1010. The number of carbonyl (C=O) groups excluding carboxylic acids is 1. The van der Waals surface area contributed by atoms with Gasteiger partial charge in [-0.25, -0.2) is 4.79 Å². The molecule has 0 bridgehead atoms. The van der Waals surface area contributed by atoms with E-state index < -0.39 is 0 Å². The zero-order chi connectivity index (χ0) is 15.1. The van der Waals surface area contributed by atoms with Crippen molar-refractivity contribution >= 4 is 38.4 Å². The van der Waals surface area contributed by atoms with Crippen molar-refractivity contribution < 1.29 is 9.53 Å². The van der Waals surface area contributed by atoms with Crippen LogP contribution in [0.3, 0.4) is 0 Å². The van der Waals surface area contributed by atoms with Crippen molar-refractivity contribution in [3.05, 3.63) is 60.3 Å². The van der Waals surface area contributed by atoms with Crippen LogP contribution in [-0.2, 0) is 4.74 Å². The van der Waals surface area contributed by atoms with E-state index in [0.29, 0.717) is 12.3 Å². The summed E-state index contributed by atoms with van der Waals surface area (Å²) in [7, 11) is 0. The zero-order valence-electron chi connectivity index (χ0n) is 12.2. The molecule has 108 valence electrons. The largest absolute Gasteiger partial charge is 0.461 e. The number of esters is 1. The van der Waals surface area contributed by atoms with Gasteiger partial charge in [0.1, 0.15) is 5.69 Å². The standard InChI is InChI=1S/C19H15NO2/c1-2-22-19(21)17-11-13-8-9-15-14-6-4-3-5-12(14)7-10-16(15)18(13)20-17/h3-11,20H,2H2,1H3. The van der Waals surface area contributed by atoms with Crippen molar-refractivity contribution in [2.24, 2.45) is 0 Å². The van der Waals surface area contributed by atoms with Crippen LogP contribution in [0.1, 0.15) is 17.4 Å². The predicted octanol–water partition coefficient (Wildman–Crippen LogP) is 4.65. The minimum Gasteiger partial charge on any atom is -0.461 e. The van der Waals surface area contributed by atoms with E-state index in [1.165, 1.54) is 16.2 Å². The molecular formula is C19H15NO2. The molecule has 4 aromatic rings. The van der Waals surface area contributed by atoms with Crippen molar-refractivity contribution in [3.63, 3.8) is 0 Å². The van der Waals surface area contributed by atoms with Gasteiger partial charge in [-0.3, -0.25) is 0 Å². The molecule has 0 aliphatic heterocycles. The topological polar surface area (TPSA) is 42.1 Å². The highest BCUT2D eigenvalue weighted by Crippen LogP contribution is 2.31. The van der Waals surface area contributed by atoms with E-state index in [0.717, 1.165) is 16.3 Å². The number of aromatic nitrogens is 1. The second-order valence-corrected chi connectivity index (χ2v) is 5.32. The Balaban J connectivity index is 2.02. The third kappa shape index (κ3) is 1.86. The molecule has 0 saturated carbocycles. The third-order valence-corrected chi connectivity index (χ3v) is 4.01. The monoisotopic (exact) mass is 289 g/mol. The van der Waals surface area contributed by atoms with E-state index in [2.05, 4.69) is 35.3 Å². The van der Waals surface area contributed by atoms with Gasteiger partial charge in [0.05, 0.1) is 12.1 Å². The van der Waals surface area contributed by atoms with Gasteiger partial charge in [0.25, 0.3) is 0 Å². The van der Waals surface area contributed by atoms with E-state index in [1.807, 2.05) is 31.2 Å². The van der Waals surface area contributed by atoms with Gasteiger partial charge in [-0.05, 0) is 29.1 Å². The number of rotatable bonds is 2. The quantitative estimate of drug-likeness (QED) is 0.431. The first kappa shape index (κ1) is 12.9. The maximum Gasteiger partial charge on any atom is 0.354 e. The highest BCUT2D eigenvalue weighted by molar-refractivity contribution is 6.17. The van der Waals surface area contributed by atoms with Crippen LogP contribution in [0.15, 0.2) is 54.6 Å². The van der Waals surface area contributed by atoms with Gasteiger partial charge >= 0.3 is 5.97 Å². The summed E-state index contributed by atoms with van der Waals surface area (Å²) in [5, 5.41) is 5.75. The number of aromatic amines is 1. The Kier molecular flexibility index (Phi) is 2.86. The molecule has 0 spiro atoms. The molecular weight excluding hydrogens is 274 g/mol.